The molecule has 0 saturated carbocycles. The van der Waals surface area contributed by atoms with Crippen molar-refractivity contribution in [2.75, 3.05) is 19.8 Å². The van der Waals surface area contributed by atoms with E-state index in [1.165, 1.54) is 32.2 Å². The fourth-order valence-corrected chi connectivity index (χ4v) is 1.21. The lowest BCUT2D eigenvalue weighted by Gasteiger charge is -2.26. The Balaban J connectivity index is 1.73. The lowest BCUT2D eigenvalue weighted by Crippen LogP contribution is -2.46. The molecule has 2 heteroatoms. The van der Waals surface area contributed by atoms with Gasteiger partial charge in [0.05, 0.1) is 19.3 Å². The van der Waals surface area contributed by atoms with Crippen molar-refractivity contribution in [1.29, 1.82) is 0 Å². The molecule has 0 bridgehead atoms. The van der Waals surface area contributed by atoms with Crippen LogP contribution in [0.3, 0.4) is 0 Å². The molecule has 66 valence electrons. The molecule has 1 heterocycles. The van der Waals surface area contributed by atoms with Crippen molar-refractivity contribution < 1.29 is 4.74 Å². The van der Waals surface area contributed by atoms with Gasteiger partial charge in [0, 0.05) is 0 Å². The van der Waals surface area contributed by atoms with Gasteiger partial charge in [-0.25, -0.2) is 0 Å². The van der Waals surface area contributed by atoms with E-state index in [0.717, 1.165) is 13.2 Å². The minimum atomic E-state index is 0.664. The van der Waals surface area contributed by atoms with E-state index in [4.69, 9.17) is 4.74 Å². The maximum Gasteiger partial charge on any atom is 0.0643 e. The van der Waals surface area contributed by atoms with Gasteiger partial charge in [-0.1, -0.05) is 26.2 Å². The van der Waals surface area contributed by atoms with E-state index in [0.29, 0.717) is 6.04 Å². The van der Waals surface area contributed by atoms with E-state index in [9.17, 15) is 0 Å². The summed E-state index contributed by atoms with van der Waals surface area (Å²) >= 11 is 0. The van der Waals surface area contributed by atoms with Gasteiger partial charge in [-0.2, -0.15) is 0 Å². The van der Waals surface area contributed by atoms with Crippen molar-refractivity contribution in [3.8, 4) is 0 Å². The Morgan fingerprint density at radius 2 is 2.09 bits per heavy atom. The fourth-order valence-electron chi connectivity index (χ4n) is 1.21. The van der Waals surface area contributed by atoms with Crippen molar-refractivity contribution in [1.82, 2.24) is 5.32 Å². The number of unbranched alkanes of at least 4 members (excludes halogenated alkanes) is 3. The molecule has 0 amide bonds. The lowest BCUT2D eigenvalue weighted by atomic mass is 10.2. The first kappa shape index (κ1) is 9.01. The van der Waals surface area contributed by atoms with Gasteiger partial charge in [-0.05, 0) is 13.0 Å². The predicted molar refractivity (Wildman–Crippen MR) is 46.8 cm³/mol. The first-order chi connectivity index (χ1) is 5.43. The topological polar surface area (TPSA) is 21.3 Å². The van der Waals surface area contributed by atoms with E-state index in [1.807, 2.05) is 0 Å². The Morgan fingerprint density at radius 1 is 1.27 bits per heavy atom. The van der Waals surface area contributed by atoms with Gasteiger partial charge in [0.15, 0.2) is 0 Å². The predicted octanol–water partition coefficient (Wildman–Crippen LogP) is 1.56. The second kappa shape index (κ2) is 5.56. The molecule has 2 nitrogen and oxygen atoms in total. The number of rotatable bonds is 6. The molecule has 1 aliphatic rings. The number of hydrogen-bond donors (Lipinski definition) is 1. The van der Waals surface area contributed by atoms with Crippen LogP contribution in [0.25, 0.3) is 0 Å². The summed E-state index contributed by atoms with van der Waals surface area (Å²) in [5.41, 5.74) is 0. The highest BCUT2D eigenvalue weighted by Crippen LogP contribution is 2.01. The van der Waals surface area contributed by atoms with E-state index >= 15 is 0 Å². The third kappa shape index (κ3) is 3.73. The molecule has 0 atom stereocenters. The average Bonchev–Trinajstić information content (AvgIpc) is 1.93. The van der Waals surface area contributed by atoms with Crippen molar-refractivity contribution in [2.24, 2.45) is 0 Å². The van der Waals surface area contributed by atoms with Crippen LogP contribution in [0.1, 0.15) is 32.6 Å². The molecule has 1 saturated heterocycles. The highest BCUT2D eigenvalue weighted by molar-refractivity contribution is 4.72. The smallest absolute Gasteiger partial charge is 0.0643 e. The van der Waals surface area contributed by atoms with Crippen LogP contribution < -0.4 is 5.32 Å². The molecule has 0 spiro atoms. The second-order valence-electron chi connectivity index (χ2n) is 3.25. The molecule has 0 unspecified atom stereocenters. The van der Waals surface area contributed by atoms with E-state index in [2.05, 4.69) is 12.2 Å². The van der Waals surface area contributed by atoms with Gasteiger partial charge in [-0.15, -0.1) is 0 Å². The molecule has 1 fully saturated rings. The quantitative estimate of drug-likeness (QED) is 0.591. The third-order valence-electron chi connectivity index (χ3n) is 2.10. The molecule has 11 heavy (non-hydrogen) atoms. The first-order valence-electron chi connectivity index (χ1n) is 4.74. The van der Waals surface area contributed by atoms with Crippen LogP contribution in [0.4, 0.5) is 0 Å². The van der Waals surface area contributed by atoms with Crippen LogP contribution in [0.15, 0.2) is 0 Å². The molecule has 1 rings (SSSR count). The molecule has 1 aliphatic heterocycles. The van der Waals surface area contributed by atoms with Crippen molar-refractivity contribution in [2.45, 2.75) is 38.6 Å². The van der Waals surface area contributed by atoms with Crippen LogP contribution in [0, 0.1) is 0 Å². The van der Waals surface area contributed by atoms with Gasteiger partial charge in [0.1, 0.15) is 0 Å². The minimum Gasteiger partial charge on any atom is -0.378 e. The monoisotopic (exact) mass is 157 g/mol. The maximum atomic E-state index is 5.05. The van der Waals surface area contributed by atoms with Crippen molar-refractivity contribution >= 4 is 0 Å². The third-order valence-corrected chi connectivity index (χ3v) is 2.10. The zero-order valence-corrected chi connectivity index (χ0v) is 7.44. The van der Waals surface area contributed by atoms with E-state index in [-0.39, 0.29) is 0 Å². The zero-order valence-electron chi connectivity index (χ0n) is 7.44. The largest absolute Gasteiger partial charge is 0.378 e. The summed E-state index contributed by atoms with van der Waals surface area (Å²) in [6.45, 7) is 5.27. The second-order valence-corrected chi connectivity index (χ2v) is 3.25. The number of nitrogens with one attached hydrogen (secondary N) is 1. The molecular formula is C9H19NO. The Labute approximate surface area is 69.3 Å². The van der Waals surface area contributed by atoms with Crippen molar-refractivity contribution in [3.05, 3.63) is 0 Å². The van der Waals surface area contributed by atoms with Crippen LogP contribution >= 0.6 is 0 Å². The summed E-state index contributed by atoms with van der Waals surface area (Å²) < 4.78 is 5.05. The maximum absolute atomic E-state index is 5.05. The van der Waals surface area contributed by atoms with Gasteiger partial charge in [-0.3, -0.25) is 0 Å². The molecule has 0 aromatic heterocycles. The lowest BCUT2D eigenvalue weighted by molar-refractivity contribution is -0.00497. The van der Waals surface area contributed by atoms with E-state index < -0.39 is 0 Å². The van der Waals surface area contributed by atoms with Gasteiger partial charge < -0.3 is 10.1 Å². The molecule has 0 aromatic rings. The Morgan fingerprint density at radius 3 is 2.64 bits per heavy atom. The Bertz CT molecular complexity index is 91.6. The summed E-state index contributed by atoms with van der Waals surface area (Å²) in [7, 11) is 0. The normalized spacial score (nSPS) is 18.3. The standard InChI is InChI=1S/C9H19NO/c1-2-3-4-5-6-10-9-7-11-8-9/h9-10H,2-8H2,1H3. The summed E-state index contributed by atoms with van der Waals surface area (Å²) in [4.78, 5) is 0. The molecule has 0 aliphatic carbocycles. The molecular weight excluding hydrogens is 138 g/mol. The first-order valence-corrected chi connectivity index (χ1v) is 4.74. The summed E-state index contributed by atoms with van der Waals surface area (Å²) in [5, 5.41) is 3.45. The fraction of sp³-hybridized carbons (Fsp3) is 1.00. The van der Waals surface area contributed by atoms with Gasteiger partial charge in [0.25, 0.3) is 0 Å². The van der Waals surface area contributed by atoms with Gasteiger partial charge >= 0.3 is 0 Å². The SMILES string of the molecule is CCCCCCNC1COC1. The Hall–Kier alpha value is -0.0800. The summed E-state index contributed by atoms with van der Waals surface area (Å²) in [6, 6.07) is 0.664. The highest BCUT2D eigenvalue weighted by Gasteiger charge is 2.16. The molecule has 0 radical (unpaired) electrons. The minimum absolute atomic E-state index is 0.664. The highest BCUT2D eigenvalue weighted by atomic mass is 16.5. The van der Waals surface area contributed by atoms with Crippen LogP contribution in [0.2, 0.25) is 0 Å². The van der Waals surface area contributed by atoms with Gasteiger partial charge in [0.2, 0.25) is 0 Å². The number of ether oxygens (including phenoxy) is 1. The summed E-state index contributed by atoms with van der Waals surface area (Å²) in [5.74, 6) is 0. The van der Waals surface area contributed by atoms with Crippen LogP contribution in [-0.2, 0) is 4.74 Å². The molecule has 0 aromatic carbocycles. The van der Waals surface area contributed by atoms with E-state index in [1.54, 1.807) is 0 Å². The van der Waals surface area contributed by atoms with Crippen LogP contribution in [-0.4, -0.2) is 25.8 Å². The molecule has 1 N–H and O–H groups in total. The summed E-state index contributed by atoms with van der Waals surface area (Å²) in [6.07, 6.45) is 5.40. The van der Waals surface area contributed by atoms with Crippen molar-refractivity contribution in [3.63, 3.8) is 0 Å². The zero-order chi connectivity index (χ0) is 7.94. The Kier molecular flexibility index (Phi) is 4.55. The number of hydrogen-bond acceptors (Lipinski definition) is 2. The average molecular weight is 157 g/mol. The van der Waals surface area contributed by atoms with Crippen LogP contribution in [0.5, 0.6) is 0 Å².